The number of amides is 3. The number of likely N-dealkylation sites (N-methyl/N-ethyl adjacent to an activating group) is 1. The summed E-state index contributed by atoms with van der Waals surface area (Å²) in [5.74, 6) is -3.03. The number of morpholine rings is 1. The molecule has 0 bridgehead atoms. The number of nitrogens with one attached hydrogen (secondary N) is 1. The molecule has 12 nitrogen and oxygen atoms in total. The molecule has 2 aromatic carbocycles. The minimum absolute atomic E-state index is 0.0385. The van der Waals surface area contributed by atoms with Gasteiger partial charge in [-0.2, -0.15) is 8.78 Å². The highest BCUT2D eigenvalue weighted by Crippen LogP contribution is 2.35. The van der Waals surface area contributed by atoms with Crippen LogP contribution in [0, 0.1) is 24.4 Å². The molecule has 0 aromatic heterocycles. The Labute approximate surface area is 319 Å². The largest absolute Gasteiger partial charge is 0.497 e. The van der Waals surface area contributed by atoms with Crippen molar-refractivity contribution in [1.82, 2.24) is 20.0 Å². The fourth-order valence-electron chi connectivity index (χ4n) is 4.84. The Morgan fingerprint density at radius 2 is 1.60 bits per heavy atom. The van der Waals surface area contributed by atoms with Crippen LogP contribution in [-0.4, -0.2) is 125 Å². The molecule has 2 heterocycles. The molecule has 2 aliphatic rings. The van der Waals surface area contributed by atoms with Crippen LogP contribution in [0.2, 0.25) is 0 Å². The first-order chi connectivity index (χ1) is 26.1. The predicted octanol–water partition coefficient (Wildman–Crippen LogP) is 4.81. The van der Waals surface area contributed by atoms with Crippen molar-refractivity contribution in [3.05, 3.63) is 89.0 Å². The van der Waals surface area contributed by atoms with E-state index in [1.165, 1.54) is 49.8 Å². The molecule has 0 radical (unpaired) electrons. The normalized spacial score (nSPS) is 15.6. The van der Waals surface area contributed by atoms with Crippen molar-refractivity contribution in [1.29, 1.82) is 0 Å². The van der Waals surface area contributed by atoms with Crippen LogP contribution in [-0.2, 0) is 28.7 Å². The molecule has 17 heteroatoms. The van der Waals surface area contributed by atoms with E-state index in [2.05, 4.69) is 19.2 Å². The van der Waals surface area contributed by atoms with Crippen LogP contribution in [0.15, 0.2) is 60.4 Å². The number of aryl methyl sites for hydroxylation is 1. The Kier molecular flexibility index (Phi) is 26.0. The number of nitrogens with zero attached hydrogens (tertiary/aromatic N) is 3. The second-order valence-corrected chi connectivity index (χ2v) is 11.7. The Morgan fingerprint density at radius 3 is 2.04 bits per heavy atom. The van der Waals surface area contributed by atoms with E-state index in [9.17, 15) is 36.3 Å². The van der Waals surface area contributed by atoms with Crippen LogP contribution < -0.4 is 10.1 Å². The lowest BCUT2D eigenvalue weighted by atomic mass is 9.97. The van der Waals surface area contributed by atoms with Gasteiger partial charge in [0.2, 0.25) is 18.2 Å². The first-order valence-electron chi connectivity index (χ1n) is 17.2. The molecule has 2 N–H and O–H groups in total. The minimum Gasteiger partial charge on any atom is -0.497 e. The number of rotatable bonds is 11. The van der Waals surface area contributed by atoms with Gasteiger partial charge >= 0.3 is 6.61 Å². The number of carbonyl (C=O) groups is 4. The van der Waals surface area contributed by atoms with E-state index in [4.69, 9.17) is 24.1 Å². The van der Waals surface area contributed by atoms with Gasteiger partial charge in [0, 0.05) is 70.9 Å². The average Bonchev–Trinajstić information content (AvgIpc) is 3.53. The standard InChI is InChI=1S/C25H31F2N3O6.C7H7F.C3H8.C2H5NO.CH2F2O/c1-28(22(16-34-2)25(33)29-7-9-36-10-8-29)6-4-5-18(15-31)30-14-17(11-23(30)32)24-20(26)12-19(35-3)13-21(24)27;1-6-2-4-7(8)5-3-6;1-3-2;1-3-2-4;2-1(3)4/h4-6,12-13,15,17,22H,7-11,14,16H2,1-3H3;2-5H,1H3;3H2,1-2H3;2H,1H3,(H,3,4);1,4H/b6-4-,18-5+;;;;. The average molecular weight is 789 g/mol. The van der Waals surface area contributed by atoms with Crippen LogP contribution >= 0.6 is 0 Å². The minimum atomic E-state index is -3.17. The number of methoxy groups -OCH3 is 2. The van der Waals surface area contributed by atoms with Crippen LogP contribution in [0.3, 0.4) is 0 Å². The van der Waals surface area contributed by atoms with Crippen molar-refractivity contribution in [2.75, 3.05) is 67.8 Å². The molecule has 55 heavy (non-hydrogen) atoms. The van der Waals surface area contributed by atoms with E-state index >= 15 is 0 Å². The van der Waals surface area contributed by atoms with Crippen LogP contribution in [0.25, 0.3) is 0 Å². The fraction of sp³-hybridized carbons (Fsp3) is 0.474. The number of carbonyl (C=O) groups excluding carboxylic acids is 4. The molecule has 0 saturated carbocycles. The van der Waals surface area contributed by atoms with Gasteiger partial charge in [-0.05, 0) is 37.4 Å². The Morgan fingerprint density at radius 1 is 1.07 bits per heavy atom. The second-order valence-electron chi connectivity index (χ2n) is 11.7. The van der Waals surface area contributed by atoms with Gasteiger partial charge in [0.1, 0.15) is 29.2 Å². The summed E-state index contributed by atoms with van der Waals surface area (Å²) >= 11 is 0. The number of allylic oxidation sites excluding steroid dienone is 3. The number of benzene rings is 2. The highest BCUT2D eigenvalue weighted by Gasteiger charge is 2.36. The van der Waals surface area contributed by atoms with Gasteiger partial charge < -0.3 is 39.3 Å². The number of hydrogen-bond donors (Lipinski definition) is 2. The Hall–Kier alpha value is -4.87. The van der Waals surface area contributed by atoms with Crippen LogP contribution in [0.5, 0.6) is 5.75 Å². The lowest BCUT2D eigenvalue weighted by molar-refractivity contribution is -0.141. The molecule has 4 rings (SSSR count). The van der Waals surface area contributed by atoms with Crippen molar-refractivity contribution >= 4 is 24.5 Å². The van der Waals surface area contributed by atoms with E-state index in [0.717, 1.165) is 17.7 Å². The maximum atomic E-state index is 14.5. The molecule has 2 aliphatic heterocycles. The van der Waals surface area contributed by atoms with Gasteiger partial charge in [-0.15, -0.1) is 0 Å². The molecule has 2 fully saturated rings. The maximum absolute atomic E-state index is 14.5. The third kappa shape index (κ3) is 19.3. The molecular weight excluding hydrogens is 735 g/mol. The van der Waals surface area contributed by atoms with Crippen molar-refractivity contribution in [3.63, 3.8) is 0 Å². The number of likely N-dealkylation sites (tertiary alicyclic amines) is 1. The summed E-state index contributed by atoms with van der Waals surface area (Å²) in [5.41, 5.74) is 0.923. The Bertz CT molecular complexity index is 1450. The molecule has 2 atom stereocenters. The monoisotopic (exact) mass is 788 g/mol. The third-order valence-electron chi connectivity index (χ3n) is 7.39. The molecule has 0 aliphatic carbocycles. The number of aliphatic hydroxyl groups is 1. The molecule has 3 amide bonds. The predicted molar refractivity (Wildman–Crippen MR) is 197 cm³/mol. The molecule has 308 valence electrons. The molecule has 0 spiro atoms. The first kappa shape index (κ1) is 50.1. The summed E-state index contributed by atoms with van der Waals surface area (Å²) in [5, 5.41) is 8.97. The summed E-state index contributed by atoms with van der Waals surface area (Å²) in [4.78, 5) is 50.9. The Balaban J connectivity index is 0.00000126. The maximum Gasteiger partial charge on any atom is 0.342 e. The number of hydrogen-bond acceptors (Lipinski definition) is 9. The summed E-state index contributed by atoms with van der Waals surface area (Å²) in [6.45, 7) is 5.08. The number of halogens is 5. The highest BCUT2D eigenvalue weighted by molar-refractivity contribution is 5.88. The van der Waals surface area contributed by atoms with Gasteiger partial charge in [-0.25, -0.2) is 13.2 Å². The number of ether oxygens (including phenoxy) is 3. The van der Waals surface area contributed by atoms with Crippen molar-refractivity contribution < 1.29 is 60.4 Å². The molecule has 2 unspecified atom stereocenters. The van der Waals surface area contributed by atoms with Crippen LogP contribution in [0.1, 0.15) is 43.7 Å². The number of alkyl halides is 2. The quantitative estimate of drug-likeness (QED) is 0.142. The molecule has 2 saturated heterocycles. The summed E-state index contributed by atoms with van der Waals surface area (Å²) in [6, 6.07) is 7.94. The number of aliphatic hydroxyl groups excluding tert-OH is 1. The zero-order chi connectivity index (χ0) is 41.9. The van der Waals surface area contributed by atoms with Gasteiger partial charge in [-0.3, -0.25) is 19.2 Å². The van der Waals surface area contributed by atoms with Gasteiger partial charge in [0.15, 0.2) is 6.29 Å². The topological polar surface area (TPSA) is 138 Å². The highest BCUT2D eigenvalue weighted by atomic mass is 19.3. The molecule has 2 aromatic rings. The second kappa shape index (κ2) is 28.6. The first-order valence-corrected chi connectivity index (χ1v) is 17.2. The summed E-state index contributed by atoms with van der Waals surface area (Å²) in [6.07, 6.45) is 6.81. The SMILES string of the molecule is CCC.CNC=O.COCC(C(=O)N1CCOCC1)N(C)/C=C\C=C(/C=O)N1CC(c2c(F)cc(OC)cc2F)CC1=O.Cc1ccc(F)cc1.OC(F)F. The van der Waals surface area contributed by atoms with Crippen molar-refractivity contribution in [3.8, 4) is 5.75 Å². The zero-order valence-electron chi connectivity index (χ0n) is 32.3. The fourth-order valence-corrected chi connectivity index (χ4v) is 4.84. The van der Waals surface area contributed by atoms with Crippen LogP contribution in [0.4, 0.5) is 22.0 Å². The van der Waals surface area contributed by atoms with E-state index in [1.807, 2.05) is 6.92 Å². The summed E-state index contributed by atoms with van der Waals surface area (Å²) in [7, 11) is 6.08. The van der Waals surface area contributed by atoms with E-state index in [1.54, 1.807) is 42.2 Å². The van der Waals surface area contributed by atoms with Gasteiger partial charge in [-0.1, -0.05) is 38.0 Å². The van der Waals surface area contributed by atoms with E-state index in [-0.39, 0.29) is 48.3 Å². The van der Waals surface area contributed by atoms with Crippen molar-refractivity contribution in [2.24, 2.45) is 0 Å². The van der Waals surface area contributed by atoms with E-state index < -0.39 is 36.1 Å². The lowest BCUT2D eigenvalue weighted by Crippen LogP contribution is -2.51. The van der Waals surface area contributed by atoms with Gasteiger partial charge in [0.25, 0.3) is 0 Å². The third-order valence-corrected chi connectivity index (χ3v) is 7.39. The summed E-state index contributed by atoms with van der Waals surface area (Å²) < 4.78 is 76.3. The van der Waals surface area contributed by atoms with Gasteiger partial charge in [0.05, 0.1) is 32.6 Å². The molecular formula is C38H53F5N4O8. The smallest absolute Gasteiger partial charge is 0.342 e. The van der Waals surface area contributed by atoms with E-state index in [0.29, 0.717) is 39.0 Å². The lowest BCUT2D eigenvalue weighted by Gasteiger charge is -2.33. The zero-order valence-corrected chi connectivity index (χ0v) is 32.3. The van der Waals surface area contributed by atoms with Crippen molar-refractivity contribution in [2.45, 2.75) is 52.2 Å². The number of aldehydes is 1.